The van der Waals surface area contributed by atoms with Gasteiger partial charge in [0, 0.05) is 23.4 Å². The molecule has 1 heterocycles. The summed E-state index contributed by atoms with van der Waals surface area (Å²) >= 11 is 0. The van der Waals surface area contributed by atoms with E-state index in [0.717, 1.165) is 35.6 Å². The number of methoxy groups -OCH3 is 3. The first-order valence-electron chi connectivity index (χ1n) is 8.83. The minimum absolute atomic E-state index is 0.241. The van der Waals surface area contributed by atoms with Crippen LogP contribution in [-0.2, 0) is 12.8 Å². The fraction of sp³-hybridized carbons (Fsp3) is 0.238. The molecule has 1 aromatic heterocycles. The normalized spacial score (nSPS) is 10.4. The van der Waals surface area contributed by atoms with Crippen LogP contribution in [0.2, 0.25) is 0 Å². The molecule has 3 rings (SSSR count). The molecule has 0 aliphatic carbocycles. The number of benzene rings is 2. The molecular weight excluding hydrogens is 358 g/mol. The third-order valence-corrected chi connectivity index (χ3v) is 4.30. The second kappa shape index (κ2) is 8.94. The van der Waals surface area contributed by atoms with Crippen molar-refractivity contribution < 1.29 is 19.0 Å². The van der Waals surface area contributed by atoms with E-state index >= 15 is 0 Å². The van der Waals surface area contributed by atoms with Crippen molar-refractivity contribution in [3.05, 3.63) is 65.4 Å². The minimum Gasteiger partial charge on any atom is -0.497 e. The Labute approximate surface area is 163 Å². The van der Waals surface area contributed by atoms with E-state index in [9.17, 15) is 4.79 Å². The summed E-state index contributed by atoms with van der Waals surface area (Å²) < 4.78 is 15.7. The van der Waals surface area contributed by atoms with Gasteiger partial charge in [-0.25, -0.2) is 0 Å². The van der Waals surface area contributed by atoms with Crippen LogP contribution in [0.1, 0.15) is 21.6 Å². The Bertz CT molecular complexity index is 930. The van der Waals surface area contributed by atoms with E-state index in [0.29, 0.717) is 17.1 Å². The molecule has 0 radical (unpaired) electrons. The van der Waals surface area contributed by atoms with E-state index in [1.54, 1.807) is 45.6 Å². The number of rotatable bonds is 8. The fourth-order valence-electron chi connectivity index (χ4n) is 2.80. The van der Waals surface area contributed by atoms with Gasteiger partial charge in [0.15, 0.2) is 5.82 Å². The number of amides is 1. The van der Waals surface area contributed by atoms with Gasteiger partial charge in [-0.1, -0.05) is 6.07 Å². The largest absolute Gasteiger partial charge is 0.497 e. The molecule has 0 atom stereocenters. The number of aryl methyl sites for hydroxylation is 2. The van der Waals surface area contributed by atoms with E-state index in [1.807, 2.05) is 24.3 Å². The molecule has 0 saturated carbocycles. The van der Waals surface area contributed by atoms with Gasteiger partial charge in [-0.3, -0.25) is 9.89 Å². The van der Waals surface area contributed by atoms with Crippen LogP contribution < -0.4 is 19.5 Å². The van der Waals surface area contributed by atoms with Gasteiger partial charge in [-0.15, -0.1) is 0 Å². The summed E-state index contributed by atoms with van der Waals surface area (Å²) in [6.45, 7) is 0. The zero-order valence-electron chi connectivity index (χ0n) is 16.1. The number of nitrogens with zero attached hydrogens (tertiary/aromatic N) is 1. The number of carbonyl (C=O) groups is 1. The van der Waals surface area contributed by atoms with Gasteiger partial charge >= 0.3 is 0 Å². The van der Waals surface area contributed by atoms with Gasteiger partial charge in [-0.2, -0.15) is 5.10 Å². The highest BCUT2D eigenvalue weighted by atomic mass is 16.5. The first kappa shape index (κ1) is 19.3. The Hall–Kier alpha value is -3.48. The van der Waals surface area contributed by atoms with Crippen molar-refractivity contribution in [3.8, 4) is 17.2 Å². The molecule has 0 bridgehead atoms. The van der Waals surface area contributed by atoms with Crippen molar-refractivity contribution >= 4 is 11.7 Å². The molecular formula is C21H23N3O4. The van der Waals surface area contributed by atoms with Crippen molar-refractivity contribution in [2.24, 2.45) is 0 Å². The van der Waals surface area contributed by atoms with Crippen molar-refractivity contribution in [1.82, 2.24) is 10.2 Å². The summed E-state index contributed by atoms with van der Waals surface area (Å²) in [4.78, 5) is 12.4. The summed E-state index contributed by atoms with van der Waals surface area (Å²) in [5.74, 6) is 2.38. The van der Waals surface area contributed by atoms with E-state index in [1.165, 1.54) is 0 Å². The van der Waals surface area contributed by atoms with E-state index in [-0.39, 0.29) is 5.91 Å². The first-order valence-corrected chi connectivity index (χ1v) is 8.83. The van der Waals surface area contributed by atoms with Gasteiger partial charge in [0.1, 0.15) is 17.2 Å². The van der Waals surface area contributed by atoms with Crippen LogP contribution in [-0.4, -0.2) is 37.4 Å². The molecule has 0 unspecified atom stereocenters. The summed E-state index contributed by atoms with van der Waals surface area (Å²) in [5, 5.41) is 9.91. The Morgan fingerprint density at radius 3 is 2.32 bits per heavy atom. The Balaban J connectivity index is 1.62. The van der Waals surface area contributed by atoms with Crippen molar-refractivity contribution in [2.75, 3.05) is 26.6 Å². The topological polar surface area (TPSA) is 85.5 Å². The average Bonchev–Trinajstić information content (AvgIpc) is 3.19. The zero-order valence-corrected chi connectivity index (χ0v) is 16.1. The predicted molar refractivity (Wildman–Crippen MR) is 106 cm³/mol. The molecule has 146 valence electrons. The highest BCUT2D eigenvalue weighted by Crippen LogP contribution is 2.23. The molecule has 0 fully saturated rings. The molecule has 0 saturated heterocycles. The van der Waals surface area contributed by atoms with Gasteiger partial charge in [0.05, 0.1) is 21.3 Å². The minimum atomic E-state index is -0.241. The molecule has 0 aliphatic rings. The fourth-order valence-corrected chi connectivity index (χ4v) is 2.80. The highest BCUT2D eigenvalue weighted by Gasteiger charge is 2.10. The first-order chi connectivity index (χ1) is 13.6. The van der Waals surface area contributed by atoms with E-state index in [2.05, 4.69) is 15.5 Å². The molecule has 0 aliphatic heterocycles. The lowest BCUT2D eigenvalue weighted by atomic mass is 10.1. The number of H-pyrrole nitrogens is 1. The molecule has 7 heteroatoms. The number of carbonyl (C=O) groups excluding carboxylic acids is 1. The third kappa shape index (κ3) is 4.82. The van der Waals surface area contributed by atoms with Crippen molar-refractivity contribution in [2.45, 2.75) is 12.8 Å². The summed E-state index contributed by atoms with van der Waals surface area (Å²) in [6, 6.07) is 14.6. The van der Waals surface area contributed by atoms with Gasteiger partial charge in [0.2, 0.25) is 0 Å². The van der Waals surface area contributed by atoms with E-state index in [4.69, 9.17) is 14.2 Å². The number of nitrogens with one attached hydrogen (secondary N) is 2. The third-order valence-electron chi connectivity index (χ3n) is 4.30. The van der Waals surface area contributed by atoms with Crippen LogP contribution in [0.3, 0.4) is 0 Å². The highest BCUT2D eigenvalue weighted by molar-refractivity contribution is 6.04. The Morgan fingerprint density at radius 1 is 0.929 bits per heavy atom. The second-order valence-electron chi connectivity index (χ2n) is 6.19. The number of hydrogen-bond acceptors (Lipinski definition) is 5. The quantitative estimate of drug-likeness (QED) is 0.624. The molecule has 28 heavy (non-hydrogen) atoms. The maximum atomic E-state index is 12.4. The molecule has 2 N–H and O–H groups in total. The number of hydrogen-bond donors (Lipinski definition) is 2. The van der Waals surface area contributed by atoms with Crippen LogP contribution in [0, 0.1) is 0 Å². The summed E-state index contributed by atoms with van der Waals surface area (Å²) in [7, 11) is 4.82. The number of anilines is 1. The molecule has 1 amide bonds. The van der Waals surface area contributed by atoms with Gasteiger partial charge in [0.25, 0.3) is 5.91 Å². The standard InChI is InChI=1S/C21H23N3O4/c1-26-17-6-4-5-15(11-17)21(25)22-20-12-16(23-24-20)8-7-14-9-18(27-2)13-19(10-14)28-3/h4-6,9-13H,7-8H2,1-3H3,(H2,22,23,24,25). The van der Waals surface area contributed by atoms with Crippen LogP contribution in [0.4, 0.5) is 5.82 Å². The molecule has 2 aromatic carbocycles. The maximum absolute atomic E-state index is 12.4. The van der Waals surface area contributed by atoms with Crippen LogP contribution in [0.25, 0.3) is 0 Å². The molecule has 0 spiro atoms. The smallest absolute Gasteiger partial charge is 0.256 e. The van der Waals surface area contributed by atoms with Gasteiger partial charge < -0.3 is 19.5 Å². The molecule has 7 nitrogen and oxygen atoms in total. The second-order valence-corrected chi connectivity index (χ2v) is 6.19. The monoisotopic (exact) mass is 381 g/mol. The number of aromatic nitrogens is 2. The Morgan fingerprint density at radius 2 is 1.64 bits per heavy atom. The SMILES string of the molecule is COc1cc(CCc2cc(NC(=O)c3cccc(OC)c3)n[nH]2)cc(OC)c1. The van der Waals surface area contributed by atoms with Crippen LogP contribution >= 0.6 is 0 Å². The lowest BCUT2D eigenvalue weighted by molar-refractivity contribution is 0.102. The van der Waals surface area contributed by atoms with Crippen molar-refractivity contribution in [3.63, 3.8) is 0 Å². The Kier molecular flexibility index (Phi) is 6.16. The lowest BCUT2D eigenvalue weighted by Gasteiger charge is -2.08. The number of ether oxygens (including phenoxy) is 3. The maximum Gasteiger partial charge on any atom is 0.256 e. The van der Waals surface area contributed by atoms with Crippen LogP contribution in [0.15, 0.2) is 48.5 Å². The van der Waals surface area contributed by atoms with Gasteiger partial charge in [-0.05, 0) is 48.7 Å². The lowest BCUT2D eigenvalue weighted by Crippen LogP contribution is -2.12. The molecule has 3 aromatic rings. The predicted octanol–water partition coefficient (Wildman–Crippen LogP) is 3.47. The average molecular weight is 381 g/mol. The zero-order chi connectivity index (χ0) is 19.9. The summed E-state index contributed by atoms with van der Waals surface area (Å²) in [5.41, 5.74) is 2.52. The van der Waals surface area contributed by atoms with Crippen molar-refractivity contribution in [1.29, 1.82) is 0 Å². The van der Waals surface area contributed by atoms with E-state index < -0.39 is 0 Å². The van der Waals surface area contributed by atoms with Crippen LogP contribution in [0.5, 0.6) is 17.2 Å². The summed E-state index contributed by atoms with van der Waals surface area (Å²) in [6.07, 6.45) is 1.51. The number of aromatic amines is 1.